The lowest BCUT2D eigenvalue weighted by molar-refractivity contribution is 0.0952. The van der Waals surface area contributed by atoms with E-state index in [9.17, 15) is 9.90 Å². The smallest absolute Gasteiger partial charge is 0.251 e. The normalized spacial score (nSPS) is 9.88. The van der Waals surface area contributed by atoms with Gasteiger partial charge in [0, 0.05) is 12.1 Å². The molecule has 0 saturated carbocycles. The summed E-state index contributed by atoms with van der Waals surface area (Å²) < 4.78 is 0. The topological polar surface area (TPSA) is 75.3 Å². The largest absolute Gasteiger partial charge is 0.508 e. The highest BCUT2D eigenvalue weighted by molar-refractivity contribution is 7.80. The van der Waals surface area contributed by atoms with Gasteiger partial charge in [-0.25, -0.2) is 0 Å². The van der Waals surface area contributed by atoms with Crippen LogP contribution in [0.4, 0.5) is 0 Å². The maximum atomic E-state index is 11.6. The molecule has 17 heavy (non-hydrogen) atoms. The molecular formula is C12H16N2O2S. The molecule has 4 nitrogen and oxygen atoms in total. The number of amides is 1. The fourth-order valence-electron chi connectivity index (χ4n) is 1.38. The molecule has 0 spiro atoms. The molecule has 0 heterocycles. The van der Waals surface area contributed by atoms with E-state index in [1.54, 1.807) is 12.1 Å². The van der Waals surface area contributed by atoms with Crippen molar-refractivity contribution in [3.05, 3.63) is 29.8 Å². The molecule has 1 aromatic rings. The van der Waals surface area contributed by atoms with E-state index in [2.05, 4.69) is 5.32 Å². The first kappa shape index (κ1) is 13.4. The van der Waals surface area contributed by atoms with Crippen LogP contribution in [0.15, 0.2) is 24.3 Å². The summed E-state index contributed by atoms with van der Waals surface area (Å²) in [7, 11) is 0. The number of hydrogen-bond donors (Lipinski definition) is 3. The van der Waals surface area contributed by atoms with Crippen LogP contribution < -0.4 is 11.1 Å². The summed E-state index contributed by atoms with van der Waals surface area (Å²) in [5.74, 6) is -0.0950. The number of nitrogens with one attached hydrogen (secondary N) is 1. The Bertz CT molecular complexity index is 407. The van der Waals surface area contributed by atoms with Gasteiger partial charge >= 0.3 is 0 Å². The number of phenols is 1. The molecule has 1 amide bonds. The highest BCUT2D eigenvalue weighted by Crippen LogP contribution is 2.10. The van der Waals surface area contributed by atoms with Crippen LogP contribution in [0.2, 0.25) is 0 Å². The number of hydrogen-bond acceptors (Lipinski definition) is 3. The lowest BCUT2D eigenvalue weighted by Gasteiger charge is -2.05. The first-order chi connectivity index (χ1) is 8.09. The molecule has 1 aromatic carbocycles. The number of carbonyl (C=O) groups excluding carboxylic acids is 1. The zero-order chi connectivity index (χ0) is 12.7. The number of aromatic hydroxyl groups is 1. The van der Waals surface area contributed by atoms with Crippen LogP contribution in [0.1, 0.15) is 29.6 Å². The number of phenolic OH excluding ortho intramolecular Hbond substituents is 1. The number of benzene rings is 1. The zero-order valence-electron chi connectivity index (χ0n) is 9.48. The summed E-state index contributed by atoms with van der Waals surface area (Å²) in [5.41, 5.74) is 5.82. The average Bonchev–Trinajstić information content (AvgIpc) is 2.28. The summed E-state index contributed by atoms with van der Waals surface area (Å²) in [5, 5.41) is 12.0. The number of unbranched alkanes of at least 4 members (excludes halogenated alkanes) is 1. The Kier molecular flexibility index (Phi) is 5.42. The third-order valence-electron chi connectivity index (χ3n) is 2.24. The second-order valence-electron chi connectivity index (χ2n) is 3.73. The molecule has 0 aliphatic rings. The summed E-state index contributed by atoms with van der Waals surface area (Å²) in [6, 6.07) is 6.25. The number of carbonyl (C=O) groups is 1. The van der Waals surface area contributed by atoms with Gasteiger partial charge in [-0.05, 0) is 37.5 Å². The minimum atomic E-state index is -0.184. The van der Waals surface area contributed by atoms with Crippen LogP contribution in [0, 0.1) is 0 Å². The van der Waals surface area contributed by atoms with Gasteiger partial charge in [-0.15, -0.1) is 0 Å². The molecule has 5 heteroatoms. The second-order valence-corrected chi connectivity index (χ2v) is 4.25. The Morgan fingerprint density at radius 1 is 1.41 bits per heavy atom. The Labute approximate surface area is 106 Å². The van der Waals surface area contributed by atoms with E-state index in [-0.39, 0.29) is 11.7 Å². The maximum Gasteiger partial charge on any atom is 0.251 e. The van der Waals surface area contributed by atoms with Crippen LogP contribution in [0.25, 0.3) is 0 Å². The summed E-state index contributed by atoms with van der Waals surface area (Å²) in [6.07, 6.45) is 2.41. The molecule has 92 valence electrons. The SMILES string of the molecule is NC(=S)CCCCNC(=O)c1cccc(O)c1. The van der Waals surface area contributed by atoms with E-state index in [0.717, 1.165) is 12.8 Å². The Hall–Kier alpha value is -1.62. The third-order valence-corrected chi connectivity index (χ3v) is 2.45. The first-order valence-corrected chi connectivity index (χ1v) is 5.86. The van der Waals surface area contributed by atoms with E-state index in [0.29, 0.717) is 23.5 Å². The summed E-state index contributed by atoms with van der Waals surface area (Å²) in [4.78, 5) is 12.1. The van der Waals surface area contributed by atoms with Crippen LogP contribution in [0.3, 0.4) is 0 Å². The van der Waals surface area contributed by atoms with Gasteiger partial charge < -0.3 is 16.2 Å². The van der Waals surface area contributed by atoms with E-state index in [4.69, 9.17) is 18.0 Å². The van der Waals surface area contributed by atoms with Crippen molar-refractivity contribution in [2.75, 3.05) is 6.54 Å². The van der Waals surface area contributed by atoms with Crippen molar-refractivity contribution in [3.63, 3.8) is 0 Å². The van der Waals surface area contributed by atoms with Crippen LogP contribution in [0.5, 0.6) is 5.75 Å². The molecule has 0 bridgehead atoms. The highest BCUT2D eigenvalue weighted by Gasteiger charge is 2.04. The van der Waals surface area contributed by atoms with Crippen molar-refractivity contribution in [1.29, 1.82) is 0 Å². The average molecular weight is 252 g/mol. The molecule has 0 fully saturated rings. The van der Waals surface area contributed by atoms with Gasteiger partial charge in [0.15, 0.2) is 0 Å². The number of thiocarbonyl (C=S) groups is 1. The lowest BCUT2D eigenvalue weighted by atomic mass is 10.2. The molecule has 0 saturated heterocycles. The van der Waals surface area contributed by atoms with Gasteiger partial charge in [0.25, 0.3) is 5.91 Å². The Morgan fingerprint density at radius 3 is 2.82 bits per heavy atom. The molecule has 0 radical (unpaired) electrons. The second kappa shape index (κ2) is 6.85. The van der Waals surface area contributed by atoms with Crippen molar-refractivity contribution in [2.45, 2.75) is 19.3 Å². The van der Waals surface area contributed by atoms with Crippen LogP contribution in [-0.4, -0.2) is 22.5 Å². The molecule has 0 aliphatic heterocycles. The fraction of sp³-hybridized carbons (Fsp3) is 0.333. The monoisotopic (exact) mass is 252 g/mol. The molecule has 0 aliphatic carbocycles. The third kappa shape index (κ3) is 5.31. The fourth-order valence-corrected chi connectivity index (χ4v) is 1.52. The summed E-state index contributed by atoms with van der Waals surface area (Å²) in [6.45, 7) is 0.580. The van der Waals surface area contributed by atoms with Gasteiger partial charge in [-0.1, -0.05) is 18.3 Å². The van der Waals surface area contributed by atoms with Gasteiger partial charge in [0.1, 0.15) is 5.75 Å². The highest BCUT2D eigenvalue weighted by atomic mass is 32.1. The molecule has 0 atom stereocenters. The van der Waals surface area contributed by atoms with Crippen LogP contribution >= 0.6 is 12.2 Å². The van der Waals surface area contributed by atoms with Gasteiger partial charge in [-0.3, -0.25) is 4.79 Å². The predicted octanol–water partition coefficient (Wildman–Crippen LogP) is 1.58. The minimum Gasteiger partial charge on any atom is -0.508 e. The molecular weight excluding hydrogens is 236 g/mol. The van der Waals surface area contributed by atoms with E-state index >= 15 is 0 Å². The van der Waals surface area contributed by atoms with Crippen molar-refractivity contribution in [2.24, 2.45) is 5.73 Å². The zero-order valence-corrected chi connectivity index (χ0v) is 10.3. The van der Waals surface area contributed by atoms with E-state index in [1.807, 2.05) is 0 Å². The Morgan fingerprint density at radius 2 is 2.18 bits per heavy atom. The predicted molar refractivity (Wildman–Crippen MR) is 71.1 cm³/mol. The molecule has 4 N–H and O–H groups in total. The van der Waals surface area contributed by atoms with Gasteiger partial charge in [-0.2, -0.15) is 0 Å². The quantitative estimate of drug-likeness (QED) is 0.531. The minimum absolute atomic E-state index is 0.0890. The number of nitrogens with two attached hydrogens (primary N) is 1. The lowest BCUT2D eigenvalue weighted by Crippen LogP contribution is -2.24. The number of rotatable bonds is 6. The molecule has 0 unspecified atom stereocenters. The van der Waals surface area contributed by atoms with Gasteiger partial charge in [0.2, 0.25) is 0 Å². The summed E-state index contributed by atoms with van der Waals surface area (Å²) >= 11 is 4.75. The van der Waals surface area contributed by atoms with E-state index in [1.165, 1.54) is 12.1 Å². The molecule has 1 rings (SSSR count). The van der Waals surface area contributed by atoms with Crippen molar-refractivity contribution in [1.82, 2.24) is 5.32 Å². The molecule has 0 aromatic heterocycles. The first-order valence-electron chi connectivity index (χ1n) is 5.45. The van der Waals surface area contributed by atoms with Crippen molar-refractivity contribution in [3.8, 4) is 5.75 Å². The van der Waals surface area contributed by atoms with E-state index < -0.39 is 0 Å². The van der Waals surface area contributed by atoms with Crippen molar-refractivity contribution < 1.29 is 9.90 Å². The standard InChI is InChI=1S/C12H16N2O2S/c13-11(17)6-1-2-7-14-12(16)9-4-3-5-10(15)8-9/h3-5,8,15H,1-2,6-7H2,(H2,13,17)(H,14,16). The van der Waals surface area contributed by atoms with Gasteiger partial charge in [0.05, 0.1) is 4.99 Å². The van der Waals surface area contributed by atoms with Crippen molar-refractivity contribution >= 4 is 23.1 Å². The van der Waals surface area contributed by atoms with Crippen LogP contribution in [-0.2, 0) is 0 Å². The maximum absolute atomic E-state index is 11.6. The Balaban J connectivity index is 2.28.